The maximum absolute atomic E-state index is 12.5. The van der Waals surface area contributed by atoms with Gasteiger partial charge in [-0.25, -0.2) is 0 Å². The van der Waals surface area contributed by atoms with Gasteiger partial charge in [0.25, 0.3) is 0 Å². The third-order valence-corrected chi connectivity index (χ3v) is 7.80. The molecule has 0 aromatic heterocycles. The number of hydrogen-bond acceptors (Lipinski definition) is 3. The van der Waals surface area contributed by atoms with Crippen LogP contribution in [0.3, 0.4) is 0 Å². The number of ether oxygens (including phenoxy) is 1. The van der Waals surface area contributed by atoms with E-state index in [1.807, 2.05) is 12.1 Å². The second kappa shape index (κ2) is 8.72. The zero-order valence-corrected chi connectivity index (χ0v) is 18.2. The number of nitrogens with zero attached hydrogens (tertiary/aromatic N) is 1. The van der Waals surface area contributed by atoms with E-state index in [1.54, 1.807) is 24.3 Å². The van der Waals surface area contributed by atoms with Gasteiger partial charge in [-0.15, -0.1) is 0 Å². The minimum Gasteiger partial charge on any atom is -0.485 e. The average Bonchev–Trinajstić information content (AvgIpc) is 3.42. The lowest BCUT2D eigenvalue weighted by Crippen LogP contribution is -2.43. The summed E-state index contributed by atoms with van der Waals surface area (Å²) in [6.07, 6.45) is 8.18. The van der Waals surface area contributed by atoms with Crippen LogP contribution in [0.4, 0.5) is 0 Å². The van der Waals surface area contributed by atoms with E-state index in [4.69, 9.17) is 16.3 Å². The molecule has 2 aliphatic carbocycles. The molecule has 3 aliphatic rings. The largest absolute Gasteiger partial charge is 0.485 e. The van der Waals surface area contributed by atoms with E-state index in [9.17, 15) is 4.79 Å². The summed E-state index contributed by atoms with van der Waals surface area (Å²) < 4.78 is 6.01. The number of para-hydroxylation sites is 1. The summed E-state index contributed by atoms with van der Waals surface area (Å²) in [5, 5.41) is 0.573. The second-order valence-corrected chi connectivity index (χ2v) is 9.75. The fourth-order valence-corrected chi connectivity index (χ4v) is 6.23. The molecule has 30 heavy (non-hydrogen) atoms. The summed E-state index contributed by atoms with van der Waals surface area (Å²) in [5.74, 6) is 3.28. The molecule has 0 N–H and O–H groups in total. The highest BCUT2D eigenvalue weighted by Crippen LogP contribution is 2.47. The second-order valence-electron chi connectivity index (χ2n) is 9.31. The van der Waals surface area contributed by atoms with Gasteiger partial charge >= 0.3 is 0 Å². The SMILES string of the molecule is O=C(COc1ccccc1C1CCN([C@H]2CC3CCC2C3)CC1)c1cccc(Cl)c1. The number of fused-ring (bicyclic) bond motifs is 2. The lowest BCUT2D eigenvalue weighted by Gasteiger charge is -2.40. The van der Waals surface area contributed by atoms with Gasteiger partial charge in [-0.3, -0.25) is 4.79 Å². The number of halogens is 1. The number of carbonyl (C=O) groups is 1. The van der Waals surface area contributed by atoms with Crippen LogP contribution in [0.15, 0.2) is 48.5 Å². The first-order chi connectivity index (χ1) is 14.7. The van der Waals surface area contributed by atoms with Crippen LogP contribution in [-0.2, 0) is 0 Å². The van der Waals surface area contributed by atoms with Crippen molar-refractivity contribution in [1.82, 2.24) is 4.90 Å². The molecule has 2 aromatic rings. The van der Waals surface area contributed by atoms with Crippen molar-refractivity contribution in [3.8, 4) is 5.75 Å². The molecule has 2 aromatic carbocycles. The average molecular weight is 424 g/mol. The highest BCUT2D eigenvalue weighted by molar-refractivity contribution is 6.31. The number of likely N-dealkylation sites (tertiary alicyclic amines) is 1. The van der Waals surface area contributed by atoms with Gasteiger partial charge in [0.2, 0.25) is 0 Å². The first kappa shape index (κ1) is 20.1. The van der Waals surface area contributed by atoms with Gasteiger partial charge in [0, 0.05) is 16.6 Å². The van der Waals surface area contributed by atoms with Gasteiger partial charge in [-0.05, 0) is 86.7 Å². The molecular weight excluding hydrogens is 394 g/mol. The lowest BCUT2D eigenvalue weighted by atomic mass is 9.86. The normalized spacial score (nSPS) is 26.8. The molecule has 1 saturated heterocycles. The minimum absolute atomic E-state index is 0.0430. The quantitative estimate of drug-likeness (QED) is 0.536. The third kappa shape index (κ3) is 4.15. The standard InChI is InChI=1S/C26H30ClNO2/c27-22-5-3-4-21(16-22)25(29)17-30-26-7-2-1-6-23(26)19-10-12-28(13-11-19)24-15-18-8-9-20(24)14-18/h1-7,16,18-20,24H,8-15,17H2/t18?,20?,24-/m0/s1. The van der Waals surface area contributed by atoms with Crippen LogP contribution in [0, 0.1) is 11.8 Å². The summed E-state index contributed by atoms with van der Waals surface area (Å²) >= 11 is 6.02. The van der Waals surface area contributed by atoms with Gasteiger partial charge in [-0.2, -0.15) is 0 Å². The maximum Gasteiger partial charge on any atom is 0.200 e. The number of carbonyl (C=O) groups excluding carboxylic acids is 1. The smallest absolute Gasteiger partial charge is 0.200 e. The Morgan fingerprint density at radius 3 is 2.57 bits per heavy atom. The van der Waals surface area contributed by atoms with E-state index >= 15 is 0 Å². The monoisotopic (exact) mass is 423 g/mol. The Kier molecular flexibility index (Phi) is 5.84. The topological polar surface area (TPSA) is 29.5 Å². The van der Waals surface area contributed by atoms with Crippen molar-refractivity contribution in [2.24, 2.45) is 11.8 Å². The van der Waals surface area contributed by atoms with Crippen molar-refractivity contribution in [2.75, 3.05) is 19.7 Å². The lowest BCUT2D eigenvalue weighted by molar-refractivity contribution is 0.0917. The molecule has 2 saturated carbocycles. The van der Waals surface area contributed by atoms with Crippen molar-refractivity contribution in [1.29, 1.82) is 0 Å². The van der Waals surface area contributed by atoms with Gasteiger partial charge in [-0.1, -0.05) is 48.4 Å². The van der Waals surface area contributed by atoms with E-state index in [2.05, 4.69) is 17.0 Å². The predicted octanol–water partition coefficient (Wildman–Crippen LogP) is 5.97. The summed E-state index contributed by atoms with van der Waals surface area (Å²) in [6.45, 7) is 2.42. The molecule has 3 atom stereocenters. The van der Waals surface area contributed by atoms with Crippen molar-refractivity contribution >= 4 is 17.4 Å². The number of piperidine rings is 1. The van der Waals surface area contributed by atoms with Crippen LogP contribution in [0.5, 0.6) is 5.75 Å². The zero-order valence-electron chi connectivity index (χ0n) is 17.4. The van der Waals surface area contributed by atoms with Crippen LogP contribution in [0.2, 0.25) is 5.02 Å². The van der Waals surface area contributed by atoms with E-state index in [0.717, 1.165) is 23.6 Å². The van der Waals surface area contributed by atoms with Crippen LogP contribution in [0.1, 0.15) is 60.4 Å². The molecule has 1 aliphatic heterocycles. The van der Waals surface area contributed by atoms with Gasteiger partial charge in [0.15, 0.2) is 12.4 Å². The number of rotatable bonds is 6. The zero-order chi connectivity index (χ0) is 20.5. The number of ketones is 1. The van der Waals surface area contributed by atoms with Gasteiger partial charge < -0.3 is 9.64 Å². The Morgan fingerprint density at radius 2 is 1.83 bits per heavy atom. The molecule has 2 bridgehead atoms. The Bertz CT molecular complexity index is 905. The third-order valence-electron chi connectivity index (χ3n) is 7.56. The van der Waals surface area contributed by atoms with Crippen LogP contribution in [-0.4, -0.2) is 36.4 Å². The Morgan fingerprint density at radius 1 is 1.00 bits per heavy atom. The van der Waals surface area contributed by atoms with E-state index in [-0.39, 0.29) is 12.4 Å². The number of hydrogen-bond donors (Lipinski definition) is 0. The Labute approximate surface area is 184 Å². The summed E-state index contributed by atoms with van der Waals surface area (Å²) in [5.41, 5.74) is 1.85. The fourth-order valence-electron chi connectivity index (χ4n) is 6.04. The summed E-state index contributed by atoms with van der Waals surface area (Å²) in [4.78, 5) is 15.3. The Balaban J connectivity index is 1.20. The molecule has 1 heterocycles. The predicted molar refractivity (Wildman–Crippen MR) is 121 cm³/mol. The molecule has 4 heteroatoms. The number of Topliss-reactive ketones (excluding diaryl/α,β-unsaturated/α-hetero) is 1. The van der Waals surface area contributed by atoms with Crippen LogP contribution >= 0.6 is 11.6 Å². The van der Waals surface area contributed by atoms with Crippen LogP contribution < -0.4 is 4.74 Å². The molecule has 158 valence electrons. The molecule has 0 radical (unpaired) electrons. The maximum atomic E-state index is 12.5. The Hall–Kier alpha value is -1.84. The van der Waals surface area contributed by atoms with E-state index < -0.39 is 0 Å². The molecule has 5 rings (SSSR count). The molecule has 0 amide bonds. The highest BCUT2D eigenvalue weighted by atomic mass is 35.5. The van der Waals surface area contributed by atoms with E-state index in [0.29, 0.717) is 16.5 Å². The molecule has 3 fully saturated rings. The highest BCUT2D eigenvalue weighted by Gasteiger charge is 2.43. The van der Waals surface area contributed by atoms with Gasteiger partial charge in [0.1, 0.15) is 5.75 Å². The molecular formula is C26H30ClNO2. The van der Waals surface area contributed by atoms with Crippen molar-refractivity contribution < 1.29 is 9.53 Å². The van der Waals surface area contributed by atoms with Gasteiger partial charge in [0.05, 0.1) is 0 Å². The first-order valence-electron chi connectivity index (χ1n) is 11.4. The van der Waals surface area contributed by atoms with Crippen molar-refractivity contribution in [3.05, 3.63) is 64.7 Å². The van der Waals surface area contributed by atoms with Crippen LogP contribution in [0.25, 0.3) is 0 Å². The molecule has 2 unspecified atom stereocenters. The van der Waals surface area contributed by atoms with Crippen molar-refractivity contribution in [2.45, 2.75) is 50.5 Å². The number of benzene rings is 2. The van der Waals surface area contributed by atoms with E-state index in [1.165, 1.54) is 57.2 Å². The summed E-state index contributed by atoms with van der Waals surface area (Å²) in [7, 11) is 0. The molecule has 0 spiro atoms. The molecule has 3 nitrogen and oxygen atoms in total. The first-order valence-corrected chi connectivity index (χ1v) is 11.8. The fraction of sp³-hybridized carbons (Fsp3) is 0.500. The minimum atomic E-state index is -0.0431. The van der Waals surface area contributed by atoms with Crippen molar-refractivity contribution in [3.63, 3.8) is 0 Å². The summed E-state index contributed by atoms with van der Waals surface area (Å²) in [6, 6.07) is 16.2.